The van der Waals surface area contributed by atoms with Crippen molar-refractivity contribution in [3.05, 3.63) is 0 Å². The number of fused-ring (bicyclic) bond motifs is 2. The molecule has 12 nitrogen and oxygen atoms in total. The smallest absolute Gasteiger partial charge is 0.335 e. The predicted octanol–water partition coefficient (Wildman–Crippen LogP) is 0.118. The Balaban J connectivity index is 1.45. The van der Waals surface area contributed by atoms with E-state index in [-0.39, 0.29) is 23.7 Å². The number of aliphatic hydroxyl groups excluding tert-OH is 3. The maximum absolute atomic E-state index is 11.5. The largest absolute Gasteiger partial charge is 0.479 e. The zero-order valence-electron chi connectivity index (χ0n) is 20.3. The minimum Gasteiger partial charge on any atom is -0.479 e. The van der Waals surface area contributed by atoms with Crippen molar-refractivity contribution in [3.63, 3.8) is 0 Å². The van der Waals surface area contributed by atoms with Crippen molar-refractivity contribution in [3.8, 4) is 0 Å². The molecule has 0 aromatic rings. The minimum absolute atomic E-state index is 0.114. The van der Waals surface area contributed by atoms with Gasteiger partial charge in [0.05, 0.1) is 6.10 Å². The molecule has 5 aliphatic heterocycles. The van der Waals surface area contributed by atoms with Gasteiger partial charge in [-0.15, -0.1) is 0 Å². The Labute approximate surface area is 203 Å². The number of hydrogen-bond acceptors (Lipinski definition) is 11. The minimum atomic E-state index is -1.78. The van der Waals surface area contributed by atoms with Gasteiger partial charge in [-0.2, -0.15) is 0 Å². The molecule has 0 amide bonds. The van der Waals surface area contributed by atoms with E-state index in [4.69, 9.17) is 33.5 Å². The quantitative estimate of drug-likeness (QED) is 0.375. The molecule has 1 spiro atoms. The van der Waals surface area contributed by atoms with Gasteiger partial charge < -0.3 is 44.1 Å². The number of carboxylic acids is 1. The van der Waals surface area contributed by atoms with Crippen LogP contribution >= 0.6 is 0 Å². The number of hydrogen-bond donors (Lipinski definition) is 4. The van der Waals surface area contributed by atoms with Gasteiger partial charge in [-0.25, -0.2) is 14.6 Å². The second kappa shape index (κ2) is 9.12. The molecule has 6 fully saturated rings. The Morgan fingerprint density at radius 2 is 1.74 bits per heavy atom. The Kier molecular flexibility index (Phi) is 6.70. The number of rotatable bonds is 5. The van der Waals surface area contributed by atoms with Gasteiger partial charge >= 0.3 is 5.97 Å². The van der Waals surface area contributed by atoms with E-state index in [0.29, 0.717) is 25.9 Å². The summed E-state index contributed by atoms with van der Waals surface area (Å²) in [6.45, 7) is 8.16. The van der Waals surface area contributed by atoms with Crippen LogP contribution in [0.2, 0.25) is 0 Å². The average Bonchev–Trinajstić information content (AvgIpc) is 3.04. The van der Waals surface area contributed by atoms with E-state index >= 15 is 0 Å². The van der Waals surface area contributed by atoms with Gasteiger partial charge in [0.1, 0.15) is 18.3 Å². The van der Waals surface area contributed by atoms with E-state index in [1.807, 2.05) is 27.7 Å². The topological polar surface area (TPSA) is 163 Å². The first kappa shape index (κ1) is 25.7. The maximum atomic E-state index is 11.5. The van der Waals surface area contributed by atoms with E-state index in [0.717, 1.165) is 0 Å². The lowest BCUT2D eigenvalue weighted by molar-refractivity contribution is -0.579. The summed E-state index contributed by atoms with van der Waals surface area (Å²) < 4.78 is 30.0. The molecular weight excluding hydrogens is 468 g/mol. The molecule has 5 heterocycles. The molecule has 14 atom stereocenters. The number of carboxylic acid groups (broad SMARTS) is 1. The van der Waals surface area contributed by atoms with Crippen LogP contribution in [0.5, 0.6) is 0 Å². The molecule has 6 rings (SSSR count). The standard InChI is InChI=1S/C23H36O12/c1-5-29-19-10(3)12-8-13(30-20-16(26)14(24)15(25)17(31-20)18(27)28)9(2)11-6-7-22(4)33-21(32-19)23(11,12)35-34-22/h9-17,19-21,24-26H,5-8H2,1-4H3,(H,27,28)/t9-,10+,11-,12-,13-,14+,15+,16-,17+,19-,20-,21+,22+,23+/m0/s1. The molecule has 1 aliphatic carbocycles. The Morgan fingerprint density at radius 1 is 1.00 bits per heavy atom. The van der Waals surface area contributed by atoms with Gasteiger partial charge in [0, 0.05) is 30.8 Å². The fourth-order valence-electron chi connectivity index (χ4n) is 6.68. The number of aliphatic carboxylic acids is 1. The lowest BCUT2D eigenvalue weighted by Gasteiger charge is -2.61. The normalized spacial score (nSPS) is 55.7. The van der Waals surface area contributed by atoms with Crippen molar-refractivity contribution in [2.75, 3.05) is 6.61 Å². The third-order valence-electron chi connectivity index (χ3n) is 8.64. The number of aliphatic hydroxyl groups is 3. The molecule has 200 valence electrons. The van der Waals surface area contributed by atoms with Crippen molar-refractivity contribution in [1.82, 2.24) is 0 Å². The van der Waals surface area contributed by atoms with Gasteiger partial charge in [0.15, 0.2) is 30.6 Å². The molecule has 4 N–H and O–H groups in total. The molecule has 0 radical (unpaired) electrons. The lowest BCUT2D eigenvalue weighted by Crippen LogP contribution is -2.72. The maximum Gasteiger partial charge on any atom is 0.335 e. The molecule has 6 aliphatic rings. The highest BCUT2D eigenvalue weighted by Crippen LogP contribution is 2.61. The van der Waals surface area contributed by atoms with Crippen LogP contribution in [0, 0.1) is 23.7 Å². The summed E-state index contributed by atoms with van der Waals surface area (Å²) in [6.07, 6.45) is -8.31. The van der Waals surface area contributed by atoms with E-state index in [2.05, 4.69) is 0 Å². The second-order valence-electron chi connectivity index (χ2n) is 10.7. The van der Waals surface area contributed by atoms with Crippen molar-refractivity contribution >= 4 is 5.97 Å². The molecule has 2 bridgehead atoms. The summed E-state index contributed by atoms with van der Waals surface area (Å²) in [5.41, 5.74) is -0.895. The van der Waals surface area contributed by atoms with Crippen molar-refractivity contribution in [1.29, 1.82) is 0 Å². The highest BCUT2D eigenvalue weighted by atomic mass is 17.3. The van der Waals surface area contributed by atoms with Crippen LogP contribution in [0.1, 0.15) is 47.0 Å². The molecule has 5 saturated heterocycles. The molecular formula is C23H36O12. The van der Waals surface area contributed by atoms with E-state index in [1.165, 1.54) is 0 Å². The second-order valence-corrected chi connectivity index (χ2v) is 10.7. The summed E-state index contributed by atoms with van der Waals surface area (Å²) in [7, 11) is 0. The average molecular weight is 505 g/mol. The van der Waals surface area contributed by atoms with Crippen LogP contribution in [0.15, 0.2) is 0 Å². The van der Waals surface area contributed by atoms with Crippen molar-refractivity contribution < 1.29 is 58.7 Å². The molecule has 1 saturated carbocycles. The first-order valence-corrected chi connectivity index (χ1v) is 12.4. The Bertz CT molecular complexity index is 811. The number of ether oxygens (including phenoxy) is 5. The first-order valence-electron chi connectivity index (χ1n) is 12.4. The first-order chi connectivity index (χ1) is 16.5. The number of carbonyl (C=O) groups is 1. The van der Waals surface area contributed by atoms with Gasteiger partial charge in [0.2, 0.25) is 5.79 Å². The van der Waals surface area contributed by atoms with Gasteiger partial charge in [-0.1, -0.05) is 13.8 Å². The fourth-order valence-corrected chi connectivity index (χ4v) is 6.68. The van der Waals surface area contributed by atoms with Crippen molar-refractivity contribution in [2.45, 2.75) is 108 Å². The van der Waals surface area contributed by atoms with Crippen LogP contribution in [0.25, 0.3) is 0 Å². The monoisotopic (exact) mass is 504 g/mol. The van der Waals surface area contributed by atoms with E-state index < -0.39 is 66.7 Å². The van der Waals surface area contributed by atoms with Crippen LogP contribution in [0.4, 0.5) is 0 Å². The summed E-state index contributed by atoms with van der Waals surface area (Å²) in [5.74, 6) is -2.99. The lowest BCUT2D eigenvalue weighted by atomic mass is 9.57. The zero-order valence-corrected chi connectivity index (χ0v) is 20.3. The van der Waals surface area contributed by atoms with E-state index in [1.54, 1.807) is 0 Å². The summed E-state index contributed by atoms with van der Waals surface area (Å²) in [6, 6.07) is 0. The molecule has 35 heavy (non-hydrogen) atoms. The zero-order chi connectivity index (χ0) is 25.3. The van der Waals surface area contributed by atoms with Crippen LogP contribution in [-0.4, -0.2) is 93.8 Å². The van der Waals surface area contributed by atoms with Crippen LogP contribution in [-0.2, 0) is 38.3 Å². The molecule has 12 heteroatoms. The third kappa shape index (κ3) is 3.94. The third-order valence-corrected chi connectivity index (χ3v) is 8.64. The molecule has 0 aromatic heterocycles. The van der Waals surface area contributed by atoms with Gasteiger partial charge in [-0.3, -0.25) is 0 Å². The summed E-state index contributed by atoms with van der Waals surface area (Å²) in [5, 5.41) is 40.2. The molecule has 0 unspecified atom stereocenters. The summed E-state index contributed by atoms with van der Waals surface area (Å²) >= 11 is 0. The van der Waals surface area contributed by atoms with Crippen molar-refractivity contribution in [2.24, 2.45) is 23.7 Å². The highest BCUT2D eigenvalue weighted by Gasteiger charge is 2.71. The highest BCUT2D eigenvalue weighted by molar-refractivity contribution is 5.73. The van der Waals surface area contributed by atoms with Crippen LogP contribution < -0.4 is 0 Å². The fraction of sp³-hybridized carbons (Fsp3) is 0.957. The van der Waals surface area contributed by atoms with Crippen LogP contribution in [0.3, 0.4) is 0 Å². The van der Waals surface area contributed by atoms with Gasteiger partial charge in [-0.05, 0) is 32.6 Å². The Hall–Kier alpha value is -0.930. The summed E-state index contributed by atoms with van der Waals surface area (Å²) in [4.78, 5) is 23.5. The SMILES string of the molecule is CCO[C@H]1O[C@@H]2O[C@@]3(C)CC[C@H]4[C@H](C)[C@@H](O[C@H]5O[C@@H](C(=O)O)[C@H](O)[C@@H](O)[C@@H]5O)C[C@@H]([C@H]1C)[C@@]24OO3. The molecule has 0 aromatic carbocycles. The predicted molar refractivity (Wildman–Crippen MR) is 113 cm³/mol. The van der Waals surface area contributed by atoms with E-state index in [9.17, 15) is 25.2 Å². The Morgan fingerprint density at radius 3 is 2.43 bits per heavy atom. The van der Waals surface area contributed by atoms with Gasteiger partial charge in [0.25, 0.3) is 0 Å².